The SMILES string of the molecule is CCCC(C(=O)OCC)C(=O)/C(=C/c1ccccc1Br)c1ccccc1. The number of carbonyl (C=O) groups excluding carboxylic acids is 2. The third-order valence-corrected chi connectivity index (χ3v) is 4.74. The number of allylic oxidation sites excluding steroid dienone is 1. The van der Waals surface area contributed by atoms with Crippen LogP contribution in [0.4, 0.5) is 0 Å². The van der Waals surface area contributed by atoms with Crippen molar-refractivity contribution in [3.63, 3.8) is 0 Å². The number of Topliss-reactive ketones (excluding diaryl/α,β-unsaturated/α-hetero) is 1. The van der Waals surface area contributed by atoms with Crippen LogP contribution in [0.15, 0.2) is 59.1 Å². The summed E-state index contributed by atoms with van der Waals surface area (Å²) in [6, 6.07) is 17.1. The van der Waals surface area contributed by atoms with Crippen LogP contribution in [0.25, 0.3) is 11.6 Å². The molecule has 0 spiro atoms. The molecule has 0 saturated heterocycles. The van der Waals surface area contributed by atoms with Crippen molar-refractivity contribution >= 4 is 39.3 Å². The molecule has 0 aliphatic heterocycles. The third kappa shape index (κ3) is 5.15. The third-order valence-electron chi connectivity index (χ3n) is 4.02. The van der Waals surface area contributed by atoms with E-state index in [-0.39, 0.29) is 12.4 Å². The first-order valence-electron chi connectivity index (χ1n) is 8.81. The first-order chi connectivity index (χ1) is 12.6. The number of ether oxygens (including phenoxy) is 1. The van der Waals surface area contributed by atoms with Gasteiger partial charge >= 0.3 is 5.97 Å². The van der Waals surface area contributed by atoms with E-state index in [9.17, 15) is 9.59 Å². The van der Waals surface area contributed by atoms with E-state index in [0.717, 1.165) is 22.0 Å². The molecule has 4 heteroatoms. The summed E-state index contributed by atoms with van der Waals surface area (Å²) < 4.78 is 6.03. The largest absolute Gasteiger partial charge is 0.465 e. The maximum Gasteiger partial charge on any atom is 0.316 e. The van der Waals surface area contributed by atoms with E-state index in [0.29, 0.717) is 12.0 Å². The van der Waals surface area contributed by atoms with E-state index in [2.05, 4.69) is 15.9 Å². The highest BCUT2D eigenvalue weighted by Crippen LogP contribution is 2.28. The predicted octanol–water partition coefficient (Wildman–Crippen LogP) is 5.54. The summed E-state index contributed by atoms with van der Waals surface area (Å²) in [4.78, 5) is 25.6. The van der Waals surface area contributed by atoms with Gasteiger partial charge in [-0.25, -0.2) is 0 Å². The van der Waals surface area contributed by atoms with E-state index in [1.807, 2.05) is 67.6 Å². The first kappa shape index (κ1) is 20.1. The molecular formula is C22H23BrO3. The smallest absolute Gasteiger partial charge is 0.316 e. The fraction of sp³-hybridized carbons (Fsp3) is 0.273. The van der Waals surface area contributed by atoms with Crippen molar-refractivity contribution in [3.05, 3.63) is 70.2 Å². The highest BCUT2D eigenvalue weighted by atomic mass is 79.9. The number of hydrogen-bond acceptors (Lipinski definition) is 3. The van der Waals surface area contributed by atoms with E-state index >= 15 is 0 Å². The van der Waals surface area contributed by atoms with Gasteiger partial charge in [0.25, 0.3) is 0 Å². The van der Waals surface area contributed by atoms with Crippen LogP contribution < -0.4 is 0 Å². The number of halogens is 1. The maximum atomic E-state index is 13.3. The lowest BCUT2D eigenvalue weighted by Crippen LogP contribution is -2.27. The van der Waals surface area contributed by atoms with Crippen LogP contribution in [0.2, 0.25) is 0 Å². The Kier molecular flexibility index (Phi) is 7.79. The van der Waals surface area contributed by atoms with Gasteiger partial charge in [0.1, 0.15) is 5.92 Å². The molecule has 0 fully saturated rings. The number of hydrogen-bond donors (Lipinski definition) is 0. The molecule has 3 nitrogen and oxygen atoms in total. The Morgan fingerprint density at radius 2 is 1.69 bits per heavy atom. The molecule has 0 aliphatic rings. The molecule has 2 rings (SSSR count). The molecule has 0 amide bonds. The normalized spacial score (nSPS) is 12.5. The zero-order valence-electron chi connectivity index (χ0n) is 15.1. The summed E-state index contributed by atoms with van der Waals surface area (Å²) in [6.45, 7) is 3.97. The lowest BCUT2D eigenvalue weighted by Gasteiger charge is -2.16. The standard InChI is InChI=1S/C22H23BrO3/c1-3-10-18(22(25)26-4-2)21(24)19(16-11-6-5-7-12-16)15-17-13-8-9-14-20(17)23/h5-9,11-15,18H,3-4,10H2,1-2H3/b19-15+. The molecule has 26 heavy (non-hydrogen) atoms. The number of benzene rings is 2. The molecule has 2 aromatic rings. The Bertz CT molecular complexity index is 781. The Morgan fingerprint density at radius 1 is 1.04 bits per heavy atom. The second-order valence-electron chi connectivity index (χ2n) is 5.90. The molecule has 0 aliphatic carbocycles. The molecular weight excluding hydrogens is 392 g/mol. The Morgan fingerprint density at radius 3 is 2.31 bits per heavy atom. The molecule has 1 unspecified atom stereocenters. The average Bonchev–Trinajstić information content (AvgIpc) is 2.66. The van der Waals surface area contributed by atoms with Gasteiger partial charge in [-0.3, -0.25) is 9.59 Å². The summed E-state index contributed by atoms with van der Waals surface area (Å²) >= 11 is 3.52. The van der Waals surface area contributed by atoms with Gasteiger partial charge in [-0.2, -0.15) is 0 Å². The lowest BCUT2D eigenvalue weighted by molar-refractivity contribution is -0.150. The fourth-order valence-electron chi connectivity index (χ4n) is 2.74. The van der Waals surface area contributed by atoms with Crippen LogP contribution in [0.5, 0.6) is 0 Å². The summed E-state index contributed by atoms with van der Waals surface area (Å²) in [6.07, 6.45) is 3.04. The summed E-state index contributed by atoms with van der Waals surface area (Å²) in [5, 5.41) is 0. The molecule has 1 atom stereocenters. The van der Waals surface area contributed by atoms with Crippen LogP contribution >= 0.6 is 15.9 Å². The van der Waals surface area contributed by atoms with Crippen molar-refractivity contribution < 1.29 is 14.3 Å². The van der Waals surface area contributed by atoms with E-state index < -0.39 is 11.9 Å². The maximum absolute atomic E-state index is 13.3. The molecule has 2 aromatic carbocycles. The molecule has 0 bridgehead atoms. The molecule has 0 N–H and O–H groups in total. The van der Waals surface area contributed by atoms with Gasteiger partial charge in [0.05, 0.1) is 6.61 Å². The minimum Gasteiger partial charge on any atom is -0.465 e. The topological polar surface area (TPSA) is 43.4 Å². The van der Waals surface area contributed by atoms with Gasteiger partial charge in [0, 0.05) is 10.0 Å². The number of rotatable bonds is 8. The fourth-order valence-corrected chi connectivity index (χ4v) is 3.14. The molecule has 0 aromatic heterocycles. The highest BCUT2D eigenvalue weighted by Gasteiger charge is 2.30. The lowest BCUT2D eigenvalue weighted by atomic mass is 9.88. The minimum absolute atomic E-state index is 0.202. The van der Waals surface area contributed by atoms with Gasteiger partial charge in [-0.05, 0) is 36.6 Å². The Labute approximate surface area is 163 Å². The predicted molar refractivity (Wildman–Crippen MR) is 108 cm³/mol. The van der Waals surface area contributed by atoms with Crippen LogP contribution in [0.1, 0.15) is 37.8 Å². The van der Waals surface area contributed by atoms with Crippen molar-refractivity contribution in [1.82, 2.24) is 0 Å². The molecule has 0 heterocycles. The van der Waals surface area contributed by atoms with Gasteiger partial charge in [-0.1, -0.05) is 77.8 Å². The van der Waals surface area contributed by atoms with Crippen molar-refractivity contribution in [2.45, 2.75) is 26.7 Å². The van der Waals surface area contributed by atoms with Gasteiger partial charge in [-0.15, -0.1) is 0 Å². The van der Waals surface area contributed by atoms with Crippen LogP contribution in [-0.2, 0) is 14.3 Å². The van der Waals surface area contributed by atoms with Gasteiger partial charge < -0.3 is 4.74 Å². The Hall–Kier alpha value is -2.20. The van der Waals surface area contributed by atoms with Crippen molar-refractivity contribution in [2.75, 3.05) is 6.61 Å². The second kappa shape index (κ2) is 10.1. The first-order valence-corrected chi connectivity index (χ1v) is 9.60. The van der Waals surface area contributed by atoms with Crippen LogP contribution in [0.3, 0.4) is 0 Å². The van der Waals surface area contributed by atoms with Crippen molar-refractivity contribution in [3.8, 4) is 0 Å². The summed E-state index contributed by atoms with van der Waals surface area (Å²) in [7, 11) is 0. The van der Waals surface area contributed by atoms with E-state index in [1.54, 1.807) is 6.92 Å². The van der Waals surface area contributed by atoms with Gasteiger partial charge in [0.2, 0.25) is 0 Å². The molecule has 0 radical (unpaired) electrons. The summed E-state index contributed by atoms with van der Waals surface area (Å²) in [5.41, 5.74) is 2.20. The quantitative estimate of drug-likeness (QED) is 0.246. The number of esters is 1. The zero-order chi connectivity index (χ0) is 18.9. The molecule has 0 saturated carbocycles. The Balaban J connectivity index is 2.51. The zero-order valence-corrected chi connectivity index (χ0v) is 16.7. The van der Waals surface area contributed by atoms with Crippen LogP contribution in [-0.4, -0.2) is 18.4 Å². The summed E-state index contributed by atoms with van der Waals surface area (Å²) in [5.74, 6) is -1.44. The van der Waals surface area contributed by atoms with Crippen LogP contribution in [0, 0.1) is 5.92 Å². The van der Waals surface area contributed by atoms with Gasteiger partial charge in [0.15, 0.2) is 5.78 Å². The number of ketones is 1. The molecule has 136 valence electrons. The van der Waals surface area contributed by atoms with Crippen molar-refractivity contribution in [1.29, 1.82) is 0 Å². The second-order valence-corrected chi connectivity index (χ2v) is 6.76. The average molecular weight is 415 g/mol. The van der Waals surface area contributed by atoms with E-state index in [4.69, 9.17) is 4.74 Å². The minimum atomic E-state index is -0.783. The number of carbonyl (C=O) groups is 2. The van der Waals surface area contributed by atoms with E-state index in [1.165, 1.54) is 0 Å². The highest BCUT2D eigenvalue weighted by molar-refractivity contribution is 9.10. The van der Waals surface area contributed by atoms with Crippen molar-refractivity contribution in [2.24, 2.45) is 5.92 Å². The monoisotopic (exact) mass is 414 g/mol.